The zero-order valence-electron chi connectivity index (χ0n) is 11.6. The summed E-state index contributed by atoms with van der Waals surface area (Å²) in [5.74, 6) is 0.441. The molecule has 0 saturated heterocycles. The summed E-state index contributed by atoms with van der Waals surface area (Å²) < 4.78 is 5.19. The Morgan fingerprint density at radius 2 is 2.20 bits per heavy atom. The van der Waals surface area contributed by atoms with Crippen molar-refractivity contribution in [1.82, 2.24) is 5.32 Å². The number of halogens is 1. The first-order chi connectivity index (χ1) is 9.65. The highest BCUT2D eigenvalue weighted by atomic mass is 35.5. The Kier molecular flexibility index (Phi) is 5.26. The van der Waals surface area contributed by atoms with E-state index in [1.165, 1.54) is 7.11 Å². The van der Waals surface area contributed by atoms with Crippen LogP contribution in [0, 0.1) is 5.92 Å². The number of aliphatic hydroxyl groups excluding tert-OH is 1. The van der Waals surface area contributed by atoms with Gasteiger partial charge in [-0.25, -0.2) is 0 Å². The van der Waals surface area contributed by atoms with Gasteiger partial charge in [-0.15, -0.1) is 0 Å². The van der Waals surface area contributed by atoms with E-state index in [-0.39, 0.29) is 24.5 Å². The van der Waals surface area contributed by atoms with Crippen LogP contribution < -0.4 is 10.1 Å². The summed E-state index contributed by atoms with van der Waals surface area (Å²) in [4.78, 5) is 12.4. The van der Waals surface area contributed by atoms with E-state index < -0.39 is 0 Å². The number of ether oxygens (including phenoxy) is 1. The SMILES string of the molecule is COc1ccc(Cl)cc1C(=O)NC1CCCCC1CO. The van der Waals surface area contributed by atoms with Crippen LogP contribution in [0.3, 0.4) is 0 Å². The van der Waals surface area contributed by atoms with Gasteiger partial charge >= 0.3 is 0 Å². The fourth-order valence-corrected chi connectivity index (χ4v) is 2.89. The maximum atomic E-state index is 12.4. The number of aliphatic hydroxyl groups is 1. The Balaban J connectivity index is 2.13. The summed E-state index contributed by atoms with van der Waals surface area (Å²) in [6, 6.07) is 4.99. The highest BCUT2D eigenvalue weighted by molar-refractivity contribution is 6.31. The molecule has 4 nitrogen and oxygen atoms in total. The van der Waals surface area contributed by atoms with Crippen molar-refractivity contribution in [2.24, 2.45) is 5.92 Å². The van der Waals surface area contributed by atoms with Crippen LogP contribution in [0.25, 0.3) is 0 Å². The lowest BCUT2D eigenvalue weighted by molar-refractivity contribution is 0.0869. The minimum absolute atomic E-state index is 0.0185. The summed E-state index contributed by atoms with van der Waals surface area (Å²) in [5, 5.41) is 12.9. The van der Waals surface area contributed by atoms with Crippen molar-refractivity contribution in [1.29, 1.82) is 0 Å². The Morgan fingerprint density at radius 3 is 2.90 bits per heavy atom. The Labute approximate surface area is 124 Å². The van der Waals surface area contributed by atoms with Crippen LogP contribution in [0.4, 0.5) is 0 Å². The fraction of sp³-hybridized carbons (Fsp3) is 0.533. The standard InChI is InChI=1S/C15H20ClNO3/c1-20-14-7-6-11(16)8-12(14)15(19)17-13-5-3-2-4-10(13)9-18/h6-8,10,13,18H,2-5,9H2,1H3,(H,17,19). The highest BCUT2D eigenvalue weighted by Crippen LogP contribution is 2.26. The first kappa shape index (κ1) is 15.1. The van der Waals surface area contributed by atoms with E-state index in [0.29, 0.717) is 16.3 Å². The normalized spacial score (nSPS) is 22.4. The van der Waals surface area contributed by atoms with Gasteiger partial charge in [0.2, 0.25) is 0 Å². The maximum absolute atomic E-state index is 12.4. The third kappa shape index (κ3) is 3.44. The molecule has 2 rings (SSSR count). The van der Waals surface area contributed by atoms with Gasteiger partial charge in [-0.3, -0.25) is 4.79 Å². The van der Waals surface area contributed by atoms with Gasteiger partial charge in [0.25, 0.3) is 5.91 Å². The molecule has 1 aliphatic carbocycles. The highest BCUT2D eigenvalue weighted by Gasteiger charge is 2.27. The molecule has 110 valence electrons. The quantitative estimate of drug-likeness (QED) is 0.898. The predicted octanol–water partition coefficient (Wildman–Crippen LogP) is 2.63. The largest absolute Gasteiger partial charge is 0.496 e. The lowest BCUT2D eigenvalue weighted by atomic mass is 9.85. The molecule has 0 aliphatic heterocycles. The number of benzene rings is 1. The third-order valence-corrected chi connectivity index (χ3v) is 4.10. The van der Waals surface area contributed by atoms with Crippen LogP contribution in [-0.2, 0) is 0 Å². The molecule has 0 spiro atoms. The van der Waals surface area contributed by atoms with E-state index in [9.17, 15) is 9.90 Å². The molecule has 2 unspecified atom stereocenters. The van der Waals surface area contributed by atoms with Crippen LogP contribution in [0.15, 0.2) is 18.2 Å². The van der Waals surface area contributed by atoms with Crippen molar-refractivity contribution in [3.05, 3.63) is 28.8 Å². The molecule has 0 bridgehead atoms. The van der Waals surface area contributed by atoms with Crippen molar-refractivity contribution < 1.29 is 14.6 Å². The number of hydrogen-bond donors (Lipinski definition) is 2. The van der Waals surface area contributed by atoms with Gasteiger partial charge in [-0.05, 0) is 31.0 Å². The summed E-state index contributed by atoms with van der Waals surface area (Å²) in [6.07, 6.45) is 4.04. The lowest BCUT2D eigenvalue weighted by Crippen LogP contribution is -2.43. The molecule has 1 aromatic rings. The molecular formula is C15H20ClNO3. The Bertz CT molecular complexity index is 478. The van der Waals surface area contributed by atoms with Gasteiger partial charge in [0, 0.05) is 23.6 Å². The smallest absolute Gasteiger partial charge is 0.255 e. The van der Waals surface area contributed by atoms with Gasteiger partial charge < -0.3 is 15.2 Å². The molecule has 20 heavy (non-hydrogen) atoms. The molecule has 1 fully saturated rings. The molecular weight excluding hydrogens is 278 g/mol. The molecule has 0 aromatic heterocycles. The Hall–Kier alpha value is -1.26. The second-order valence-electron chi connectivity index (χ2n) is 5.15. The molecule has 0 radical (unpaired) electrons. The zero-order chi connectivity index (χ0) is 14.5. The minimum atomic E-state index is -0.199. The topological polar surface area (TPSA) is 58.6 Å². The summed E-state index contributed by atoms with van der Waals surface area (Å²) in [6.45, 7) is 0.109. The van der Waals surface area contributed by atoms with E-state index in [0.717, 1.165) is 25.7 Å². The molecule has 1 aromatic carbocycles. The van der Waals surface area contributed by atoms with Gasteiger partial charge in [-0.2, -0.15) is 0 Å². The predicted molar refractivity (Wildman–Crippen MR) is 78.3 cm³/mol. The number of carbonyl (C=O) groups excluding carboxylic acids is 1. The maximum Gasteiger partial charge on any atom is 0.255 e. The van der Waals surface area contributed by atoms with Crippen molar-refractivity contribution in [3.63, 3.8) is 0 Å². The van der Waals surface area contributed by atoms with E-state index >= 15 is 0 Å². The summed E-state index contributed by atoms with van der Waals surface area (Å²) >= 11 is 5.94. The number of carbonyl (C=O) groups is 1. The van der Waals surface area contributed by atoms with Crippen LogP contribution in [-0.4, -0.2) is 30.8 Å². The molecule has 5 heteroatoms. The van der Waals surface area contributed by atoms with Crippen molar-refractivity contribution in [2.75, 3.05) is 13.7 Å². The van der Waals surface area contributed by atoms with Gasteiger partial charge in [0.1, 0.15) is 5.75 Å². The fourth-order valence-electron chi connectivity index (χ4n) is 2.72. The zero-order valence-corrected chi connectivity index (χ0v) is 12.3. The van der Waals surface area contributed by atoms with E-state index in [1.54, 1.807) is 18.2 Å². The van der Waals surface area contributed by atoms with E-state index in [1.807, 2.05) is 0 Å². The van der Waals surface area contributed by atoms with Gasteiger partial charge in [0.15, 0.2) is 0 Å². The number of hydrogen-bond acceptors (Lipinski definition) is 3. The van der Waals surface area contributed by atoms with E-state index in [2.05, 4.69) is 5.32 Å². The number of methoxy groups -OCH3 is 1. The Morgan fingerprint density at radius 1 is 1.45 bits per heavy atom. The van der Waals surface area contributed by atoms with Crippen molar-refractivity contribution in [3.8, 4) is 5.75 Å². The monoisotopic (exact) mass is 297 g/mol. The third-order valence-electron chi connectivity index (χ3n) is 3.87. The van der Waals surface area contributed by atoms with Crippen molar-refractivity contribution >= 4 is 17.5 Å². The molecule has 1 aliphatic rings. The van der Waals surface area contributed by atoms with Crippen LogP contribution in [0.5, 0.6) is 5.75 Å². The molecule has 1 saturated carbocycles. The number of rotatable bonds is 4. The van der Waals surface area contributed by atoms with Crippen molar-refractivity contribution in [2.45, 2.75) is 31.7 Å². The minimum Gasteiger partial charge on any atom is -0.496 e. The number of amides is 1. The van der Waals surface area contributed by atoms with Crippen LogP contribution >= 0.6 is 11.6 Å². The average molecular weight is 298 g/mol. The summed E-state index contributed by atoms with van der Waals surface area (Å²) in [5.41, 5.74) is 0.433. The van der Waals surface area contributed by atoms with Crippen LogP contribution in [0.1, 0.15) is 36.0 Å². The van der Waals surface area contributed by atoms with Crippen LogP contribution in [0.2, 0.25) is 5.02 Å². The molecule has 1 amide bonds. The molecule has 2 atom stereocenters. The van der Waals surface area contributed by atoms with Gasteiger partial charge in [0.05, 0.1) is 12.7 Å². The lowest BCUT2D eigenvalue weighted by Gasteiger charge is -2.31. The molecule has 0 heterocycles. The first-order valence-corrected chi connectivity index (χ1v) is 7.28. The van der Waals surface area contributed by atoms with E-state index in [4.69, 9.17) is 16.3 Å². The molecule has 2 N–H and O–H groups in total. The van der Waals surface area contributed by atoms with Gasteiger partial charge in [-0.1, -0.05) is 24.4 Å². The first-order valence-electron chi connectivity index (χ1n) is 6.91. The second-order valence-corrected chi connectivity index (χ2v) is 5.59. The summed E-state index contributed by atoms with van der Waals surface area (Å²) in [7, 11) is 1.52. The average Bonchev–Trinajstić information content (AvgIpc) is 2.47. The number of nitrogens with one attached hydrogen (secondary N) is 1. The second kappa shape index (κ2) is 6.95.